The highest BCUT2D eigenvalue weighted by atomic mass is 19.1. The average Bonchev–Trinajstić information content (AvgIpc) is 3.43. The van der Waals surface area contributed by atoms with Crippen LogP contribution in [0, 0.1) is 24.6 Å². The second-order valence-corrected chi connectivity index (χ2v) is 9.62. The van der Waals surface area contributed by atoms with Crippen LogP contribution in [0.5, 0.6) is 0 Å². The van der Waals surface area contributed by atoms with Crippen molar-refractivity contribution in [1.82, 2.24) is 20.2 Å². The van der Waals surface area contributed by atoms with Gasteiger partial charge in [-0.3, -0.25) is 10.1 Å². The lowest BCUT2D eigenvalue weighted by atomic mass is 9.90. The van der Waals surface area contributed by atoms with Gasteiger partial charge in [0.05, 0.1) is 6.54 Å². The lowest BCUT2D eigenvalue weighted by Gasteiger charge is -2.35. The Hall–Kier alpha value is -3.07. The Morgan fingerprint density at radius 2 is 1.89 bits per heavy atom. The number of rotatable bonds is 8. The SMILES string of the molecule is Cc1cc(C(N)=NC(NCC(=O)N2CCN(c3ncccn3)CC2)C(C)C2CCCC2)ccc1F. The number of amidine groups is 1. The zero-order chi connectivity index (χ0) is 24.8. The van der Waals surface area contributed by atoms with Crippen molar-refractivity contribution in [2.24, 2.45) is 22.6 Å². The van der Waals surface area contributed by atoms with Crippen molar-refractivity contribution in [2.45, 2.75) is 45.7 Å². The Balaban J connectivity index is 1.39. The summed E-state index contributed by atoms with van der Waals surface area (Å²) in [6.07, 6.45) is 7.97. The number of benzene rings is 1. The van der Waals surface area contributed by atoms with E-state index < -0.39 is 0 Å². The second kappa shape index (κ2) is 11.6. The zero-order valence-corrected chi connectivity index (χ0v) is 20.7. The average molecular weight is 482 g/mol. The van der Waals surface area contributed by atoms with Crippen LogP contribution in [0.2, 0.25) is 0 Å². The summed E-state index contributed by atoms with van der Waals surface area (Å²) in [4.78, 5) is 30.4. The van der Waals surface area contributed by atoms with E-state index in [2.05, 4.69) is 27.1 Å². The fraction of sp³-hybridized carbons (Fsp3) is 0.538. The van der Waals surface area contributed by atoms with E-state index in [1.54, 1.807) is 37.5 Å². The number of nitrogens with two attached hydrogens (primary N) is 1. The molecule has 188 valence electrons. The molecule has 3 N–H and O–H groups in total. The third-order valence-corrected chi connectivity index (χ3v) is 7.30. The van der Waals surface area contributed by atoms with Gasteiger partial charge < -0.3 is 15.5 Å². The van der Waals surface area contributed by atoms with E-state index in [-0.39, 0.29) is 30.4 Å². The van der Waals surface area contributed by atoms with Crippen LogP contribution in [-0.4, -0.2) is 65.5 Å². The van der Waals surface area contributed by atoms with E-state index in [1.165, 1.54) is 31.7 Å². The molecule has 4 rings (SSSR count). The smallest absolute Gasteiger partial charge is 0.236 e. The molecule has 1 aromatic heterocycles. The number of aromatic nitrogens is 2. The Morgan fingerprint density at radius 3 is 2.54 bits per heavy atom. The lowest BCUT2D eigenvalue weighted by molar-refractivity contribution is -0.130. The van der Waals surface area contributed by atoms with Gasteiger partial charge in [-0.1, -0.05) is 32.6 Å². The van der Waals surface area contributed by atoms with Gasteiger partial charge in [0.25, 0.3) is 0 Å². The molecule has 0 spiro atoms. The molecule has 1 saturated heterocycles. The first kappa shape index (κ1) is 25.0. The fourth-order valence-corrected chi connectivity index (χ4v) is 5.03. The Labute approximate surface area is 206 Å². The number of aliphatic imine (C=N–C) groups is 1. The van der Waals surface area contributed by atoms with Gasteiger partial charge in [-0.2, -0.15) is 0 Å². The van der Waals surface area contributed by atoms with Crippen molar-refractivity contribution in [1.29, 1.82) is 0 Å². The van der Waals surface area contributed by atoms with Crippen molar-refractivity contribution >= 4 is 17.7 Å². The van der Waals surface area contributed by atoms with E-state index >= 15 is 0 Å². The van der Waals surface area contributed by atoms with Crippen molar-refractivity contribution < 1.29 is 9.18 Å². The van der Waals surface area contributed by atoms with E-state index in [9.17, 15) is 9.18 Å². The quantitative estimate of drug-likeness (QED) is 0.444. The molecule has 8 nitrogen and oxygen atoms in total. The molecule has 1 saturated carbocycles. The number of hydrogen-bond donors (Lipinski definition) is 2. The number of nitrogens with zero attached hydrogens (tertiary/aromatic N) is 5. The van der Waals surface area contributed by atoms with Crippen LogP contribution < -0.4 is 16.0 Å². The summed E-state index contributed by atoms with van der Waals surface area (Å²) in [6.45, 7) is 6.75. The van der Waals surface area contributed by atoms with Gasteiger partial charge in [-0.15, -0.1) is 0 Å². The molecule has 2 aliphatic rings. The molecule has 2 heterocycles. The molecule has 0 bridgehead atoms. The molecule has 2 unspecified atom stereocenters. The van der Waals surface area contributed by atoms with Gasteiger partial charge in [0.1, 0.15) is 17.8 Å². The molecule has 2 fully saturated rings. The van der Waals surface area contributed by atoms with Crippen molar-refractivity contribution in [3.8, 4) is 0 Å². The minimum atomic E-state index is -0.286. The number of anilines is 1. The Bertz CT molecular complexity index is 1020. The molecule has 0 radical (unpaired) electrons. The largest absolute Gasteiger partial charge is 0.383 e. The summed E-state index contributed by atoms with van der Waals surface area (Å²) in [7, 11) is 0. The second-order valence-electron chi connectivity index (χ2n) is 9.62. The number of piperazine rings is 1. The number of hydrogen-bond acceptors (Lipinski definition) is 6. The number of amides is 1. The van der Waals surface area contributed by atoms with Crippen molar-refractivity contribution in [3.05, 3.63) is 53.6 Å². The number of aryl methyl sites for hydroxylation is 1. The van der Waals surface area contributed by atoms with E-state index in [0.29, 0.717) is 55.0 Å². The first-order valence-corrected chi connectivity index (χ1v) is 12.6. The number of carbonyl (C=O) groups is 1. The first-order valence-electron chi connectivity index (χ1n) is 12.6. The van der Waals surface area contributed by atoms with Gasteiger partial charge in [-0.25, -0.2) is 19.4 Å². The summed E-state index contributed by atoms with van der Waals surface area (Å²) >= 11 is 0. The highest BCUT2D eigenvalue weighted by Gasteiger charge is 2.29. The molecular formula is C26H36FN7O. The third-order valence-electron chi connectivity index (χ3n) is 7.30. The molecule has 2 aromatic rings. The molecule has 1 aromatic carbocycles. The standard InChI is InChI=1S/C26H36FN7O/c1-18-16-21(8-9-22(18)27)24(28)32-25(19(2)20-6-3-4-7-20)31-17-23(35)33-12-14-34(15-13-33)26-29-10-5-11-30-26/h5,8-11,16,19-20,25,31H,3-4,6-7,12-15,17H2,1-2H3,(H2,28,32). The zero-order valence-electron chi connectivity index (χ0n) is 20.7. The van der Waals surface area contributed by atoms with Crippen molar-refractivity contribution in [3.63, 3.8) is 0 Å². The van der Waals surface area contributed by atoms with Crippen molar-refractivity contribution in [2.75, 3.05) is 37.6 Å². The highest BCUT2D eigenvalue weighted by molar-refractivity contribution is 5.97. The normalized spacial score (nSPS) is 19.1. The summed E-state index contributed by atoms with van der Waals surface area (Å²) in [6, 6.07) is 6.58. The topological polar surface area (TPSA) is 99.7 Å². The van der Waals surface area contributed by atoms with Crippen LogP contribution in [0.25, 0.3) is 0 Å². The first-order chi connectivity index (χ1) is 16.9. The van der Waals surface area contributed by atoms with Crippen LogP contribution in [0.15, 0.2) is 41.7 Å². The maximum atomic E-state index is 13.7. The number of nitrogens with one attached hydrogen (secondary N) is 1. The van der Waals surface area contributed by atoms with Gasteiger partial charge in [0.15, 0.2) is 0 Å². The van der Waals surface area contributed by atoms with E-state index in [1.807, 2.05) is 4.90 Å². The summed E-state index contributed by atoms with van der Waals surface area (Å²) in [5, 5.41) is 3.39. The molecular weight excluding hydrogens is 445 g/mol. The fourth-order valence-electron chi connectivity index (χ4n) is 5.03. The minimum absolute atomic E-state index is 0.0497. The Kier molecular flexibility index (Phi) is 8.28. The maximum absolute atomic E-state index is 13.7. The molecule has 9 heteroatoms. The molecule has 35 heavy (non-hydrogen) atoms. The van der Waals surface area contributed by atoms with Crippen LogP contribution in [0.1, 0.15) is 43.7 Å². The van der Waals surface area contributed by atoms with E-state index in [4.69, 9.17) is 10.7 Å². The third kappa shape index (κ3) is 6.33. The Morgan fingerprint density at radius 1 is 1.20 bits per heavy atom. The summed E-state index contributed by atoms with van der Waals surface area (Å²) in [5.41, 5.74) is 7.57. The van der Waals surface area contributed by atoms with Crippen LogP contribution in [0.4, 0.5) is 10.3 Å². The van der Waals surface area contributed by atoms with Gasteiger partial charge in [-0.05, 0) is 48.6 Å². The lowest BCUT2D eigenvalue weighted by Crippen LogP contribution is -2.52. The molecule has 1 aliphatic heterocycles. The number of halogens is 1. The predicted octanol–water partition coefficient (Wildman–Crippen LogP) is 2.72. The summed E-state index contributed by atoms with van der Waals surface area (Å²) < 4.78 is 13.7. The molecule has 1 amide bonds. The van der Waals surface area contributed by atoms with Gasteiger partial charge in [0, 0.05) is 44.1 Å². The number of carbonyl (C=O) groups excluding carboxylic acids is 1. The van der Waals surface area contributed by atoms with Gasteiger partial charge in [0.2, 0.25) is 11.9 Å². The maximum Gasteiger partial charge on any atom is 0.236 e. The van der Waals surface area contributed by atoms with Crippen LogP contribution >= 0.6 is 0 Å². The predicted molar refractivity (Wildman–Crippen MR) is 136 cm³/mol. The molecule has 2 atom stereocenters. The van der Waals surface area contributed by atoms with Crippen LogP contribution in [-0.2, 0) is 4.79 Å². The van der Waals surface area contributed by atoms with E-state index in [0.717, 1.165) is 0 Å². The molecule has 1 aliphatic carbocycles. The highest BCUT2D eigenvalue weighted by Crippen LogP contribution is 2.33. The van der Waals surface area contributed by atoms with Gasteiger partial charge >= 0.3 is 0 Å². The van der Waals surface area contributed by atoms with Crippen LogP contribution in [0.3, 0.4) is 0 Å². The summed E-state index contributed by atoms with van der Waals surface area (Å²) in [5.74, 6) is 1.62. The minimum Gasteiger partial charge on any atom is -0.383 e. The monoisotopic (exact) mass is 481 g/mol.